The van der Waals surface area contributed by atoms with Crippen molar-refractivity contribution in [2.75, 3.05) is 21.2 Å². The number of carbonyl (C=O) groups excluding carboxylic acids is 2. The minimum atomic E-state index is -0.524. The molecule has 2 aromatic carbocycles. The van der Waals surface area contributed by atoms with E-state index in [9.17, 15) is 9.59 Å². The number of nitrogens with zero attached hydrogens (tertiary/aromatic N) is 1. The van der Waals surface area contributed by atoms with E-state index in [2.05, 4.69) is 10.6 Å². The molecule has 0 radical (unpaired) electrons. The molecule has 2 aromatic rings. The summed E-state index contributed by atoms with van der Waals surface area (Å²) in [5.41, 5.74) is 0.988. The van der Waals surface area contributed by atoms with Crippen LogP contribution in [0.4, 0.5) is 4.79 Å². The zero-order chi connectivity index (χ0) is 20.0. The summed E-state index contributed by atoms with van der Waals surface area (Å²) in [4.78, 5) is 26.0. The quantitative estimate of drug-likeness (QED) is 0.785. The highest BCUT2D eigenvalue weighted by Crippen LogP contribution is 2.21. The van der Waals surface area contributed by atoms with Gasteiger partial charge in [-0.05, 0) is 46.9 Å². The fourth-order valence-corrected chi connectivity index (χ4v) is 2.91. The highest BCUT2D eigenvalue weighted by Gasteiger charge is 2.23. The SMILES string of the molecule is COc1ccc2cc(CNC(=O)NC(CC(C)C)C(=O)N(C)C)ccc2c1. The highest BCUT2D eigenvalue weighted by atomic mass is 16.5. The lowest BCUT2D eigenvalue weighted by Gasteiger charge is -2.23. The van der Waals surface area contributed by atoms with Crippen molar-refractivity contribution >= 4 is 22.7 Å². The summed E-state index contributed by atoms with van der Waals surface area (Å²) in [6.45, 7) is 4.44. The lowest BCUT2D eigenvalue weighted by Crippen LogP contribution is -2.50. The van der Waals surface area contributed by atoms with Gasteiger partial charge in [-0.2, -0.15) is 0 Å². The number of amides is 3. The van der Waals surface area contributed by atoms with Crippen molar-refractivity contribution < 1.29 is 14.3 Å². The van der Waals surface area contributed by atoms with Crippen molar-refractivity contribution in [1.29, 1.82) is 0 Å². The number of hydrogen-bond acceptors (Lipinski definition) is 3. The van der Waals surface area contributed by atoms with E-state index in [1.54, 1.807) is 21.2 Å². The lowest BCUT2D eigenvalue weighted by atomic mass is 10.0. The Hall–Kier alpha value is -2.76. The molecule has 6 heteroatoms. The summed E-state index contributed by atoms with van der Waals surface area (Å²) in [6.07, 6.45) is 0.599. The minimum absolute atomic E-state index is 0.0986. The third kappa shape index (κ3) is 5.88. The van der Waals surface area contributed by atoms with E-state index < -0.39 is 6.04 Å². The molecule has 0 heterocycles. The molecular formula is C21H29N3O3. The van der Waals surface area contributed by atoms with E-state index in [1.165, 1.54) is 4.90 Å². The Morgan fingerprint density at radius 2 is 1.74 bits per heavy atom. The molecule has 0 fully saturated rings. The lowest BCUT2D eigenvalue weighted by molar-refractivity contribution is -0.131. The van der Waals surface area contributed by atoms with Crippen LogP contribution in [0.15, 0.2) is 36.4 Å². The summed E-state index contributed by atoms with van der Waals surface area (Å²) in [6, 6.07) is 11.0. The first-order valence-electron chi connectivity index (χ1n) is 9.12. The molecule has 3 amide bonds. The van der Waals surface area contributed by atoms with Crippen LogP contribution < -0.4 is 15.4 Å². The van der Waals surface area contributed by atoms with Gasteiger partial charge in [0.05, 0.1) is 7.11 Å². The largest absolute Gasteiger partial charge is 0.497 e. The first-order valence-corrected chi connectivity index (χ1v) is 9.12. The molecule has 2 rings (SSSR count). The molecule has 1 unspecified atom stereocenters. The van der Waals surface area contributed by atoms with E-state index in [-0.39, 0.29) is 11.9 Å². The van der Waals surface area contributed by atoms with Gasteiger partial charge < -0.3 is 20.3 Å². The smallest absolute Gasteiger partial charge is 0.315 e. The summed E-state index contributed by atoms with van der Waals surface area (Å²) in [5, 5.41) is 7.79. The number of nitrogens with one attached hydrogen (secondary N) is 2. The van der Waals surface area contributed by atoms with Crippen molar-refractivity contribution in [3.05, 3.63) is 42.0 Å². The Morgan fingerprint density at radius 3 is 2.37 bits per heavy atom. The molecule has 0 aromatic heterocycles. The number of methoxy groups -OCH3 is 1. The van der Waals surface area contributed by atoms with Crippen molar-refractivity contribution in [1.82, 2.24) is 15.5 Å². The molecule has 0 aliphatic rings. The molecule has 0 aliphatic heterocycles. The van der Waals surface area contributed by atoms with Crippen molar-refractivity contribution in [2.24, 2.45) is 5.92 Å². The van der Waals surface area contributed by atoms with E-state index in [4.69, 9.17) is 4.74 Å². The molecule has 0 spiro atoms. The normalized spacial score (nSPS) is 11.9. The maximum atomic E-state index is 12.3. The molecule has 0 saturated carbocycles. The Morgan fingerprint density at radius 1 is 1.07 bits per heavy atom. The van der Waals surface area contributed by atoms with Crippen molar-refractivity contribution in [2.45, 2.75) is 32.9 Å². The van der Waals surface area contributed by atoms with E-state index in [1.807, 2.05) is 50.2 Å². The number of hydrogen-bond donors (Lipinski definition) is 2. The van der Waals surface area contributed by atoms with Crippen LogP contribution in [0.1, 0.15) is 25.8 Å². The Balaban J connectivity index is 1.99. The molecule has 2 N–H and O–H groups in total. The molecule has 1 atom stereocenters. The van der Waals surface area contributed by atoms with Gasteiger partial charge in [0.1, 0.15) is 11.8 Å². The van der Waals surface area contributed by atoms with Gasteiger partial charge in [-0.25, -0.2) is 4.79 Å². The zero-order valence-corrected chi connectivity index (χ0v) is 16.7. The molecule has 146 valence electrons. The predicted octanol–water partition coefficient (Wildman–Crippen LogP) is 3.15. The second-order valence-electron chi connectivity index (χ2n) is 7.29. The van der Waals surface area contributed by atoms with Crippen LogP contribution in [-0.2, 0) is 11.3 Å². The fourth-order valence-electron chi connectivity index (χ4n) is 2.91. The maximum absolute atomic E-state index is 12.3. The summed E-state index contributed by atoms with van der Waals surface area (Å²) < 4.78 is 5.24. The van der Waals surface area contributed by atoms with Crippen molar-refractivity contribution in [3.8, 4) is 5.75 Å². The standard InChI is InChI=1S/C21H29N3O3/c1-14(2)10-19(20(25)24(3)4)23-21(26)22-13-15-6-7-17-12-18(27-5)9-8-16(17)11-15/h6-9,11-12,14,19H,10,13H2,1-5H3,(H2,22,23,26). The van der Waals surface area contributed by atoms with Crippen LogP contribution in [0.2, 0.25) is 0 Å². The number of carbonyl (C=O) groups is 2. The van der Waals surface area contributed by atoms with Gasteiger partial charge in [0, 0.05) is 20.6 Å². The van der Waals surface area contributed by atoms with Crippen LogP contribution in [0.25, 0.3) is 10.8 Å². The molecule has 6 nitrogen and oxygen atoms in total. The average Bonchev–Trinajstić information content (AvgIpc) is 2.64. The predicted molar refractivity (Wildman–Crippen MR) is 108 cm³/mol. The molecule has 0 saturated heterocycles. The molecule has 0 aliphatic carbocycles. The Bertz CT molecular complexity index is 802. The number of rotatable bonds is 7. The summed E-state index contributed by atoms with van der Waals surface area (Å²) >= 11 is 0. The third-order valence-corrected chi connectivity index (χ3v) is 4.32. The third-order valence-electron chi connectivity index (χ3n) is 4.32. The first kappa shape index (κ1) is 20.6. The monoisotopic (exact) mass is 371 g/mol. The van der Waals surface area contributed by atoms with Crippen LogP contribution in [0.3, 0.4) is 0 Å². The first-order chi connectivity index (χ1) is 12.8. The van der Waals surface area contributed by atoms with Gasteiger partial charge in [0.2, 0.25) is 5.91 Å². The van der Waals surface area contributed by atoms with Gasteiger partial charge in [-0.1, -0.05) is 32.0 Å². The number of ether oxygens (including phenoxy) is 1. The fraction of sp³-hybridized carbons (Fsp3) is 0.429. The second kappa shape index (κ2) is 9.26. The Kier molecular flexibility index (Phi) is 7.05. The van der Waals surface area contributed by atoms with E-state index >= 15 is 0 Å². The van der Waals surface area contributed by atoms with Gasteiger partial charge in [-0.3, -0.25) is 4.79 Å². The minimum Gasteiger partial charge on any atom is -0.497 e. The van der Waals surface area contributed by atoms with Crippen molar-refractivity contribution in [3.63, 3.8) is 0 Å². The highest BCUT2D eigenvalue weighted by molar-refractivity contribution is 5.87. The molecule has 27 heavy (non-hydrogen) atoms. The van der Waals surface area contributed by atoms with Gasteiger partial charge in [0.25, 0.3) is 0 Å². The summed E-state index contributed by atoms with van der Waals surface area (Å²) in [7, 11) is 5.03. The number of benzene rings is 2. The van der Waals surface area contributed by atoms with E-state index in [0.717, 1.165) is 22.1 Å². The zero-order valence-electron chi connectivity index (χ0n) is 16.7. The topological polar surface area (TPSA) is 70.7 Å². The van der Waals surface area contributed by atoms with Gasteiger partial charge in [0.15, 0.2) is 0 Å². The Labute approximate surface area is 160 Å². The van der Waals surface area contributed by atoms with Gasteiger partial charge >= 0.3 is 6.03 Å². The van der Waals surface area contributed by atoms with Crippen LogP contribution in [-0.4, -0.2) is 44.1 Å². The maximum Gasteiger partial charge on any atom is 0.315 e. The van der Waals surface area contributed by atoms with Crippen LogP contribution in [0, 0.1) is 5.92 Å². The average molecular weight is 371 g/mol. The number of fused-ring (bicyclic) bond motifs is 1. The summed E-state index contributed by atoms with van der Waals surface area (Å²) in [5.74, 6) is 1.02. The second-order valence-corrected chi connectivity index (χ2v) is 7.29. The number of urea groups is 1. The van der Waals surface area contributed by atoms with Gasteiger partial charge in [-0.15, -0.1) is 0 Å². The molecular weight excluding hydrogens is 342 g/mol. The van der Waals surface area contributed by atoms with E-state index in [0.29, 0.717) is 18.9 Å². The van der Waals surface area contributed by atoms with Crippen LogP contribution >= 0.6 is 0 Å². The van der Waals surface area contributed by atoms with Crippen LogP contribution in [0.5, 0.6) is 5.75 Å². The number of likely N-dealkylation sites (N-methyl/N-ethyl adjacent to an activating group) is 1. The molecule has 0 bridgehead atoms.